The highest BCUT2D eigenvalue weighted by molar-refractivity contribution is 5.94. The van der Waals surface area contributed by atoms with E-state index in [-0.39, 0.29) is 24.3 Å². The fourth-order valence-electron chi connectivity index (χ4n) is 2.82. The largest absolute Gasteiger partial charge is 0.484 e. The van der Waals surface area contributed by atoms with Crippen molar-refractivity contribution >= 4 is 17.5 Å². The van der Waals surface area contributed by atoms with E-state index in [2.05, 4.69) is 29.7 Å². The quantitative estimate of drug-likeness (QED) is 0.851. The van der Waals surface area contributed by atoms with Crippen LogP contribution in [0.4, 0.5) is 5.69 Å². The van der Waals surface area contributed by atoms with E-state index in [4.69, 9.17) is 4.74 Å². The Morgan fingerprint density at radius 3 is 2.80 bits per heavy atom. The molecule has 130 valence electrons. The lowest BCUT2D eigenvalue weighted by Crippen LogP contribution is -2.31. The molecule has 2 N–H and O–H groups in total. The Labute approximate surface area is 147 Å². The van der Waals surface area contributed by atoms with E-state index in [1.165, 1.54) is 5.56 Å². The van der Waals surface area contributed by atoms with E-state index in [0.717, 1.165) is 11.3 Å². The smallest absolute Gasteiger partial charge is 0.257 e. The molecule has 1 atom stereocenters. The first-order valence-corrected chi connectivity index (χ1v) is 8.49. The van der Waals surface area contributed by atoms with Crippen molar-refractivity contribution in [2.45, 2.75) is 25.7 Å². The summed E-state index contributed by atoms with van der Waals surface area (Å²) in [6.07, 6.45) is 1.17. The maximum Gasteiger partial charge on any atom is 0.257 e. The van der Waals surface area contributed by atoms with Gasteiger partial charge in [-0.15, -0.1) is 0 Å². The number of hydrogen-bond donors (Lipinski definition) is 2. The van der Waals surface area contributed by atoms with Gasteiger partial charge in [-0.1, -0.05) is 37.3 Å². The number of rotatable bonds is 6. The predicted octanol–water partition coefficient (Wildman–Crippen LogP) is 2.87. The number of aryl methyl sites for hydroxylation is 1. The zero-order chi connectivity index (χ0) is 17.6. The van der Waals surface area contributed by atoms with Gasteiger partial charge >= 0.3 is 0 Å². The molecule has 0 aliphatic carbocycles. The molecule has 0 saturated heterocycles. The SMILES string of the molecule is C[C@@H](CNC(=O)COc1ccc2c(c1)CCC(=O)N2)c1ccccc1. The first-order valence-electron chi connectivity index (χ1n) is 8.49. The normalized spacial score (nSPS) is 14.2. The Hall–Kier alpha value is -2.82. The van der Waals surface area contributed by atoms with Gasteiger partial charge in [-0.3, -0.25) is 9.59 Å². The third-order valence-corrected chi connectivity index (χ3v) is 4.32. The summed E-state index contributed by atoms with van der Waals surface area (Å²) in [4.78, 5) is 23.4. The highest BCUT2D eigenvalue weighted by atomic mass is 16.5. The minimum absolute atomic E-state index is 0.0212. The summed E-state index contributed by atoms with van der Waals surface area (Å²) in [5.74, 6) is 0.778. The van der Waals surface area contributed by atoms with E-state index in [9.17, 15) is 9.59 Å². The third-order valence-electron chi connectivity index (χ3n) is 4.32. The second kappa shape index (κ2) is 7.83. The van der Waals surface area contributed by atoms with Crippen LogP contribution in [0, 0.1) is 0 Å². The van der Waals surface area contributed by atoms with Crippen molar-refractivity contribution in [3.8, 4) is 5.75 Å². The van der Waals surface area contributed by atoms with Gasteiger partial charge in [0.25, 0.3) is 5.91 Å². The van der Waals surface area contributed by atoms with Crippen LogP contribution in [0.5, 0.6) is 5.75 Å². The number of hydrogen-bond acceptors (Lipinski definition) is 3. The Morgan fingerprint density at radius 2 is 2.00 bits per heavy atom. The molecule has 0 aromatic heterocycles. The van der Waals surface area contributed by atoms with Gasteiger partial charge in [0.2, 0.25) is 5.91 Å². The van der Waals surface area contributed by atoms with Crippen LogP contribution in [0.25, 0.3) is 0 Å². The number of benzene rings is 2. The van der Waals surface area contributed by atoms with Gasteiger partial charge in [-0.05, 0) is 41.7 Å². The van der Waals surface area contributed by atoms with Crippen LogP contribution in [0.1, 0.15) is 30.4 Å². The van der Waals surface area contributed by atoms with E-state index >= 15 is 0 Å². The van der Waals surface area contributed by atoms with Crippen LogP contribution < -0.4 is 15.4 Å². The molecule has 2 aromatic carbocycles. The zero-order valence-electron chi connectivity index (χ0n) is 14.2. The summed E-state index contributed by atoms with van der Waals surface area (Å²) in [5, 5.41) is 5.72. The highest BCUT2D eigenvalue weighted by Crippen LogP contribution is 2.26. The van der Waals surface area contributed by atoms with Gasteiger partial charge in [0.1, 0.15) is 5.75 Å². The molecule has 3 rings (SSSR count). The lowest BCUT2D eigenvalue weighted by Gasteiger charge is -2.18. The molecule has 0 saturated carbocycles. The summed E-state index contributed by atoms with van der Waals surface area (Å²) in [7, 11) is 0. The van der Waals surface area contributed by atoms with Crippen molar-refractivity contribution in [3.63, 3.8) is 0 Å². The van der Waals surface area contributed by atoms with Crippen molar-refractivity contribution in [1.29, 1.82) is 0 Å². The first kappa shape index (κ1) is 17.0. The summed E-state index contributed by atoms with van der Waals surface area (Å²) in [5.41, 5.74) is 3.06. The summed E-state index contributed by atoms with van der Waals surface area (Å²) in [6, 6.07) is 15.5. The molecule has 0 unspecified atom stereocenters. The average Bonchev–Trinajstić information content (AvgIpc) is 2.65. The van der Waals surface area contributed by atoms with E-state index in [1.807, 2.05) is 30.3 Å². The van der Waals surface area contributed by atoms with Crippen molar-refractivity contribution in [3.05, 3.63) is 59.7 Å². The molecule has 25 heavy (non-hydrogen) atoms. The topological polar surface area (TPSA) is 67.4 Å². The maximum absolute atomic E-state index is 12.0. The van der Waals surface area contributed by atoms with E-state index in [1.54, 1.807) is 6.07 Å². The second-order valence-corrected chi connectivity index (χ2v) is 6.27. The molecule has 0 spiro atoms. The van der Waals surface area contributed by atoms with Gasteiger partial charge in [-0.2, -0.15) is 0 Å². The van der Waals surface area contributed by atoms with Crippen LogP contribution in [0.3, 0.4) is 0 Å². The minimum atomic E-state index is -0.145. The monoisotopic (exact) mass is 338 g/mol. The molecular weight excluding hydrogens is 316 g/mol. The predicted molar refractivity (Wildman–Crippen MR) is 96.8 cm³/mol. The van der Waals surface area contributed by atoms with Crippen LogP contribution >= 0.6 is 0 Å². The number of nitrogens with one attached hydrogen (secondary N) is 2. The number of carbonyl (C=O) groups excluding carboxylic acids is 2. The molecule has 1 aliphatic heterocycles. The summed E-state index contributed by atoms with van der Waals surface area (Å²) < 4.78 is 5.57. The molecule has 1 heterocycles. The molecule has 0 fully saturated rings. The van der Waals surface area contributed by atoms with Crippen molar-refractivity contribution in [1.82, 2.24) is 5.32 Å². The Kier molecular flexibility index (Phi) is 5.33. The van der Waals surface area contributed by atoms with Crippen LogP contribution in [0.2, 0.25) is 0 Å². The summed E-state index contributed by atoms with van der Waals surface area (Å²) in [6.45, 7) is 2.63. The fourth-order valence-corrected chi connectivity index (χ4v) is 2.82. The van der Waals surface area contributed by atoms with Gasteiger partial charge in [0, 0.05) is 18.7 Å². The Balaban J connectivity index is 1.47. The fraction of sp³-hybridized carbons (Fsp3) is 0.300. The van der Waals surface area contributed by atoms with Crippen LogP contribution in [-0.2, 0) is 16.0 Å². The van der Waals surface area contributed by atoms with Gasteiger partial charge in [0.05, 0.1) is 0 Å². The average molecular weight is 338 g/mol. The molecule has 5 heteroatoms. The van der Waals surface area contributed by atoms with Gasteiger partial charge in [-0.25, -0.2) is 0 Å². The molecule has 2 amide bonds. The van der Waals surface area contributed by atoms with E-state index < -0.39 is 0 Å². The lowest BCUT2D eigenvalue weighted by atomic mass is 10.0. The molecule has 5 nitrogen and oxygen atoms in total. The number of fused-ring (bicyclic) bond motifs is 1. The van der Waals surface area contributed by atoms with E-state index in [0.29, 0.717) is 25.1 Å². The molecule has 2 aromatic rings. The van der Waals surface area contributed by atoms with Crippen LogP contribution in [-0.4, -0.2) is 25.0 Å². The van der Waals surface area contributed by atoms with Gasteiger partial charge < -0.3 is 15.4 Å². The third kappa shape index (κ3) is 4.59. The Bertz CT molecular complexity index is 759. The van der Waals surface area contributed by atoms with Crippen LogP contribution in [0.15, 0.2) is 48.5 Å². The Morgan fingerprint density at radius 1 is 1.20 bits per heavy atom. The number of amides is 2. The zero-order valence-corrected chi connectivity index (χ0v) is 14.2. The number of ether oxygens (including phenoxy) is 1. The van der Waals surface area contributed by atoms with Crippen molar-refractivity contribution in [2.24, 2.45) is 0 Å². The highest BCUT2D eigenvalue weighted by Gasteiger charge is 2.15. The lowest BCUT2D eigenvalue weighted by molar-refractivity contribution is -0.123. The maximum atomic E-state index is 12.0. The molecular formula is C20H22N2O3. The molecule has 0 radical (unpaired) electrons. The number of carbonyl (C=O) groups is 2. The van der Waals surface area contributed by atoms with Crippen molar-refractivity contribution < 1.29 is 14.3 Å². The molecule has 1 aliphatic rings. The first-order chi connectivity index (χ1) is 12.1. The number of anilines is 1. The standard InChI is InChI=1S/C20H22N2O3/c1-14(15-5-3-2-4-6-15)12-21-20(24)13-25-17-8-9-18-16(11-17)7-10-19(23)22-18/h2-6,8-9,11,14H,7,10,12-13H2,1H3,(H,21,24)(H,22,23)/t14-/m0/s1. The molecule has 0 bridgehead atoms. The van der Waals surface area contributed by atoms with Gasteiger partial charge in [0.15, 0.2) is 6.61 Å². The summed E-state index contributed by atoms with van der Waals surface area (Å²) >= 11 is 0. The van der Waals surface area contributed by atoms with Crippen molar-refractivity contribution in [2.75, 3.05) is 18.5 Å². The minimum Gasteiger partial charge on any atom is -0.484 e. The second-order valence-electron chi connectivity index (χ2n) is 6.27.